The Kier molecular flexibility index (Phi) is 7.61. The SMILES string of the molecule is C=CC(=O)Nc1cc(C(=O)NC)ccc1Nc1cc[c-]cc1.[Cf].[Cf].[Cf]. The van der Waals surface area contributed by atoms with Crippen molar-refractivity contribution in [1.29, 1.82) is 0 Å². The summed E-state index contributed by atoms with van der Waals surface area (Å²) in [6.07, 6.45) is 1.17. The summed E-state index contributed by atoms with van der Waals surface area (Å²) >= 11 is 0. The van der Waals surface area contributed by atoms with Crippen molar-refractivity contribution in [3.8, 4) is 0 Å². The fourth-order valence-corrected chi connectivity index (χ4v) is 1.85. The van der Waals surface area contributed by atoms with E-state index in [4.69, 9.17) is 0 Å². The van der Waals surface area contributed by atoms with Crippen molar-refractivity contribution < 1.29 is 9.59 Å². The molecule has 0 atom stereocenters. The van der Waals surface area contributed by atoms with Gasteiger partial charge in [-0.05, 0) is 24.3 Å². The summed E-state index contributed by atoms with van der Waals surface area (Å²) in [7, 11) is 1.55. The molecule has 0 aliphatic heterocycles. The molecular formula is C17H16Cf3N3O2-. The van der Waals surface area contributed by atoms with Crippen LogP contribution in [0.1, 0.15) is 10.4 Å². The normalized spacial score (nSPS) is 8.52. The maximum atomic E-state index is 11.7. The Morgan fingerprint density at radius 2 is 1.68 bits per heavy atom. The fourth-order valence-electron chi connectivity index (χ4n) is 1.85. The first-order chi connectivity index (χ1) is 10.6. The van der Waals surface area contributed by atoms with Crippen molar-refractivity contribution in [2.24, 2.45) is 0 Å². The molecule has 3 N–H and O–H groups in total. The second kappa shape index (κ2) is 8.97. The van der Waals surface area contributed by atoms with Crippen molar-refractivity contribution in [1.82, 2.24) is 5.32 Å². The summed E-state index contributed by atoms with van der Waals surface area (Å²) in [4.78, 5) is 23.3. The van der Waals surface area contributed by atoms with Crippen LogP contribution in [0.25, 0.3) is 0 Å². The number of carbonyl (C=O) groups is 2. The molecule has 2 amide bonds. The Morgan fingerprint density at radius 3 is 2.24 bits per heavy atom. The summed E-state index contributed by atoms with van der Waals surface area (Å²) in [6, 6.07) is 15.2. The fraction of sp³-hybridized carbons (Fsp3) is 0.0588. The molecule has 8 heteroatoms. The predicted molar refractivity (Wildman–Crippen MR) is 87.2 cm³/mol. The molecule has 0 aliphatic carbocycles. The van der Waals surface area contributed by atoms with Crippen molar-refractivity contribution in [2.75, 3.05) is 17.7 Å². The van der Waals surface area contributed by atoms with E-state index in [1.165, 1.54) is 6.08 Å². The minimum Gasteiger partial charge on any atom is -0.377 e. The molecule has 0 bridgehead atoms. The van der Waals surface area contributed by atoms with Gasteiger partial charge in [0.05, 0.1) is 11.4 Å². The Bertz CT molecular complexity index is 710. The minimum atomic E-state index is -0.349. The van der Waals surface area contributed by atoms with E-state index in [0.29, 0.717) is 16.9 Å². The van der Waals surface area contributed by atoms with E-state index in [9.17, 15) is 9.59 Å². The summed E-state index contributed by atoms with van der Waals surface area (Å²) in [5, 5.41) is 8.43. The maximum Gasteiger partial charge on any atom is 0.251 e. The molecule has 0 saturated heterocycles. The zero-order valence-corrected chi connectivity index (χ0v) is 21.0. The standard InChI is InChI=1S/C17H16N3O2.3Cf/c1-3-16(21)20-15-11-12(17(22)18-2)9-10-14(15)19-13-7-5-4-6-8-13;;;/h3,5-11,19H,1H2,2H3,(H,18,22)(H,20,21);;;/q-1;;;. The van der Waals surface area contributed by atoms with E-state index < -0.39 is 0 Å². The van der Waals surface area contributed by atoms with E-state index in [1.54, 1.807) is 37.4 Å². The quantitative estimate of drug-likeness (QED) is 0.320. The van der Waals surface area contributed by atoms with Gasteiger partial charge >= 0.3 is 0 Å². The third kappa shape index (κ3) is 4.75. The molecule has 0 heterocycles. The van der Waals surface area contributed by atoms with Crippen LogP contribution >= 0.6 is 0 Å². The van der Waals surface area contributed by atoms with Crippen LogP contribution in [0.4, 0.5) is 17.1 Å². The predicted octanol–water partition coefficient (Wildman–Crippen LogP) is 2.71. The van der Waals surface area contributed by atoms with Gasteiger partial charge in [-0.3, -0.25) is 9.59 Å². The molecule has 0 spiro atoms. The summed E-state index contributed by atoms with van der Waals surface area (Å²) in [5.74, 6) is -0.575. The van der Waals surface area contributed by atoms with Crippen molar-refractivity contribution in [3.63, 3.8) is 0 Å². The van der Waals surface area contributed by atoms with Crippen LogP contribution in [0.15, 0.2) is 55.1 Å². The topological polar surface area (TPSA) is 70.2 Å². The molecule has 0 saturated carbocycles. The molecule has 0 aromatic heterocycles. The largest absolute Gasteiger partial charge is 0.377 e. The smallest absolute Gasteiger partial charge is 0.251 e. The van der Waals surface area contributed by atoms with Gasteiger partial charge < -0.3 is 16.0 Å². The second-order valence-electron chi connectivity index (χ2n) is 4.45. The van der Waals surface area contributed by atoms with Crippen LogP contribution in [0.5, 0.6) is 0 Å². The van der Waals surface area contributed by atoms with Gasteiger partial charge in [0.25, 0.3) is 5.91 Å². The number of nitrogens with one attached hydrogen (secondary N) is 3. The Balaban J connectivity index is 0. The first kappa shape index (κ1) is 21.2. The number of hydrogen-bond donors (Lipinski definition) is 3. The van der Waals surface area contributed by atoms with E-state index in [2.05, 4.69) is 28.6 Å². The van der Waals surface area contributed by atoms with Crippen LogP contribution in [-0.2, 0) is 4.79 Å². The number of carbonyl (C=O) groups excluding carboxylic acids is 2. The second-order valence-corrected chi connectivity index (χ2v) is 4.45. The first-order valence-electron chi connectivity index (χ1n) is 6.66. The Hall–Kier alpha value is -6.08. The molecule has 25 heavy (non-hydrogen) atoms. The van der Waals surface area contributed by atoms with Gasteiger partial charge in [-0.1, -0.05) is 12.3 Å². The van der Waals surface area contributed by atoms with Gasteiger partial charge in [-0.25, -0.2) is 0 Å². The van der Waals surface area contributed by atoms with Crippen LogP contribution in [0.3, 0.4) is 0 Å². The molecule has 0 unspecified atom stereocenters. The summed E-state index contributed by atoms with van der Waals surface area (Å²) in [5.41, 5.74) is 2.47. The monoisotopic (exact) mass is 1040 g/mol. The molecule has 0 fully saturated rings. The summed E-state index contributed by atoms with van der Waals surface area (Å²) < 4.78 is 0. The van der Waals surface area contributed by atoms with E-state index in [-0.39, 0.29) is 11.8 Å². The van der Waals surface area contributed by atoms with Gasteiger partial charge in [0, 0.05) is 12.6 Å². The molecule has 0 radical (unpaired) electrons. The summed E-state index contributed by atoms with van der Waals surface area (Å²) in [6.45, 7) is 3.43. The van der Waals surface area contributed by atoms with E-state index >= 15 is 0 Å². The molecule has 2 rings (SSSR count). The number of anilines is 3. The van der Waals surface area contributed by atoms with Crippen LogP contribution in [-0.4, -0.2) is 18.9 Å². The van der Waals surface area contributed by atoms with Crippen molar-refractivity contribution >= 4 is 28.9 Å². The average molecular weight is 1050 g/mol. The number of amides is 2. The van der Waals surface area contributed by atoms with Gasteiger partial charge in [-0.2, -0.15) is 18.2 Å². The van der Waals surface area contributed by atoms with Gasteiger partial charge in [0.15, 0.2) is 0 Å². The average Bonchev–Trinajstić information content (AvgIpc) is 2.56. The maximum absolute atomic E-state index is 11.7. The first-order valence-corrected chi connectivity index (χ1v) is 6.66. The van der Waals surface area contributed by atoms with Gasteiger partial charge in [-0.15, -0.1) is 12.1 Å². The third-order valence-corrected chi connectivity index (χ3v) is 2.95. The zero-order chi connectivity index (χ0) is 15.9. The van der Waals surface area contributed by atoms with Crippen LogP contribution in [0, 0.1) is 6.07 Å². The van der Waals surface area contributed by atoms with Crippen LogP contribution in [0.2, 0.25) is 0 Å². The molecule has 5 nitrogen and oxygen atoms in total. The number of benzene rings is 2. The Labute approximate surface area is 129 Å². The molecular weight excluding hydrogens is 1030 g/mol. The minimum absolute atomic E-state index is 0. The van der Waals surface area contributed by atoms with Crippen LogP contribution < -0.4 is 16.0 Å². The molecule has 142 valence electrons. The molecule has 2 aromatic rings. The van der Waals surface area contributed by atoms with Crippen molar-refractivity contribution in [2.45, 2.75) is 0 Å². The van der Waals surface area contributed by atoms with Gasteiger partial charge in [0.2, 0.25) is 5.91 Å². The van der Waals surface area contributed by atoms with E-state index in [0.717, 1.165) is 5.69 Å². The van der Waals surface area contributed by atoms with Crippen molar-refractivity contribution in [3.05, 3.63) is 66.7 Å². The Morgan fingerprint density at radius 1 is 1.04 bits per heavy atom. The third-order valence-electron chi connectivity index (χ3n) is 2.95. The number of rotatable bonds is 5. The number of hydrogen-bond acceptors (Lipinski definition) is 3. The van der Waals surface area contributed by atoms with Gasteiger partial charge in [0.1, 0.15) is 0 Å². The molecule has 2 aromatic carbocycles. The zero-order valence-electron chi connectivity index (χ0n) is 13.1. The van der Waals surface area contributed by atoms with E-state index in [1.807, 2.05) is 12.1 Å². The molecule has 0 aliphatic rings.